The molecule has 0 aliphatic rings. The molecule has 0 bridgehead atoms. The first kappa shape index (κ1) is 31.4. The highest BCUT2D eigenvalue weighted by Gasteiger charge is 2.19. The van der Waals surface area contributed by atoms with E-state index in [1.165, 1.54) is 103 Å². The van der Waals surface area contributed by atoms with E-state index in [2.05, 4.69) is 19.2 Å². The topological polar surface area (TPSA) is 69.6 Å². The summed E-state index contributed by atoms with van der Waals surface area (Å²) in [5, 5.41) is 22.8. The number of amides is 1. The molecule has 1 amide bonds. The molecule has 0 aliphatic heterocycles. The second-order valence-corrected chi connectivity index (χ2v) is 9.83. The third-order valence-corrected chi connectivity index (χ3v) is 6.62. The number of aliphatic hydroxyl groups excluding tert-OH is 2. The summed E-state index contributed by atoms with van der Waals surface area (Å²) in [6.07, 6.45) is 25.7. The summed E-state index contributed by atoms with van der Waals surface area (Å²) in [5.41, 5.74) is 0. The maximum atomic E-state index is 12.2. The third-order valence-electron chi connectivity index (χ3n) is 6.62. The van der Waals surface area contributed by atoms with Crippen molar-refractivity contribution in [3.05, 3.63) is 0 Å². The van der Waals surface area contributed by atoms with Gasteiger partial charge in [-0.25, -0.2) is 0 Å². The van der Waals surface area contributed by atoms with Crippen LogP contribution in [0.4, 0.5) is 0 Å². The maximum Gasteiger partial charge on any atom is 0.220 e. The van der Waals surface area contributed by atoms with Crippen molar-refractivity contribution in [1.82, 2.24) is 5.32 Å². The zero-order valence-corrected chi connectivity index (χ0v) is 21.7. The largest absolute Gasteiger partial charge is 0.394 e. The lowest BCUT2D eigenvalue weighted by Crippen LogP contribution is -2.45. The molecule has 4 nitrogen and oxygen atoms in total. The summed E-state index contributed by atoms with van der Waals surface area (Å²) >= 11 is 0. The Morgan fingerprint density at radius 2 is 1.00 bits per heavy atom. The van der Waals surface area contributed by atoms with E-state index in [9.17, 15) is 15.0 Å². The average Bonchev–Trinajstić information content (AvgIpc) is 2.79. The van der Waals surface area contributed by atoms with Crippen molar-refractivity contribution in [2.75, 3.05) is 6.61 Å². The van der Waals surface area contributed by atoms with E-state index in [-0.39, 0.29) is 12.5 Å². The standard InChI is InChI=1S/C28H57NO3/c1-3-5-7-9-11-13-15-17-19-21-23-27(31)26(25-30)29-28(32)24-22-20-18-16-14-12-10-8-6-4-2/h26-27,30-31H,3-25H2,1-2H3,(H,29,32)/t26-,27+/m0/s1. The van der Waals surface area contributed by atoms with Gasteiger partial charge in [-0.05, 0) is 12.8 Å². The molecule has 0 aromatic heterocycles. The van der Waals surface area contributed by atoms with Crippen LogP contribution in [-0.2, 0) is 4.79 Å². The lowest BCUT2D eigenvalue weighted by molar-refractivity contribution is -0.123. The molecule has 0 aliphatic carbocycles. The van der Waals surface area contributed by atoms with Gasteiger partial charge in [0.05, 0.1) is 18.8 Å². The molecule has 0 aromatic rings. The molecule has 0 unspecified atom stereocenters. The van der Waals surface area contributed by atoms with Crippen LogP contribution in [0.1, 0.15) is 155 Å². The second-order valence-electron chi connectivity index (χ2n) is 9.83. The highest BCUT2D eigenvalue weighted by Crippen LogP contribution is 2.14. The van der Waals surface area contributed by atoms with Gasteiger partial charge in [0.2, 0.25) is 5.91 Å². The number of hydrogen-bond donors (Lipinski definition) is 3. The van der Waals surface area contributed by atoms with Gasteiger partial charge in [0.25, 0.3) is 0 Å². The summed E-state index contributed by atoms with van der Waals surface area (Å²) in [4.78, 5) is 12.2. The Balaban J connectivity index is 3.62. The van der Waals surface area contributed by atoms with Gasteiger partial charge in [0, 0.05) is 6.42 Å². The van der Waals surface area contributed by atoms with Gasteiger partial charge in [-0.15, -0.1) is 0 Å². The zero-order valence-electron chi connectivity index (χ0n) is 21.7. The van der Waals surface area contributed by atoms with Crippen LogP contribution in [0.3, 0.4) is 0 Å². The van der Waals surface area contributed by atoms with E-state index >= 15 is 0 Å². The van der Waals surface area contributed by atoms with Crippen molar-refractivity contribution >= 4 is 5.91 Å². The molecular weight excluding hydrogens is 398 g/mol. The molecule has 0 radical (unpaired) electrons. The monoisotopic (exact) mass is 455 g/mol. The van der Waals surface area contributed by atoms with Gasteiger partial charge in [-0.2, -0.15) is 0 Å². The number of hydrogen-bond acceptors (Lipinski definition) is 3. The van der Waals surface area contributed by atoms with Gasteiger partial charge >= 0.3 is 0 Å². The average molecular weight is 456 g/mol. The van der Waals surface area contributed by atoms with Gasteiger partial charge in [-0.3, -0.25) is 4.79 Å². The predicted octanol–water partition coefficient (Wildman–Crippen LogP) is 7.45. The molecule has 0 heterocycles. The molecule has 0 rings (SSSR count). The van der Waals surface area contributed by atoms with E-state index < -0.39 is 12.1 Å². The van der Waals surface area contributed by atoms with Crippen LogP contribution < -0.4 is 5.32 Å². The Hall–Kier alpha value is -0.610. The summed E-state index contributed by atoms with van der Waals surface area (Å²) in [6.45, 7) is 4.31. The SMILES string of the molecule is CCCCCCCCCCCCC(=O)N[C@@H](CO)[C@H](O)CCCCCCCCCCCC. The first-order chi connectivity index (χ1) is 15.7. The number of rotatable bonds is 25. The summed E-state index contributed by atoms with van der Waals surface area (Å²) in [7, 11) is 0. The molecule has 4 heteroatoms. The van der Waals surface area contributed by atoms with Crippen LogP contribution in [0.5, 0.6) is 0 Å². The zero-order chi connectivity index (χ0) is 23.7. The Labute approximate surface area is 200 Å². The quantitative estimate of drug-likeness (QED) is 0.125. The smallest absolute Gasteiger partial charge is 0.220 e. The van der Waals surface area contributed by atoms with Crippen LogP contribution in [0, 0.1) is 0 Å². The molecule has 3 N–H and O–H groups in total. The van der Waals surface area contributed by atoms with Crippen LogP contribution in [0.25, 0.3) is 0 Å². The van der Waals surface area contributed by atoms with Crippen molar-refractivity contribution in [1.29, 1.82) is 0 Å². The van der Waals surface area contributed by atoms with Crippen LogP contribution in [0.15, 0.2) is 0 Å². The van der Waals surface area contributed by atoms with Crippen molar-refractivity contribution in [3.8, 4) is 0 Å². The fourth-order valence-corrected chi connectivity index (χ4v) is 4.36. The first-order valence-corrected chi connectivity index (χ1v) is 14.2. The van der Waals surface area contributed by atoms with Crippen molar-refractivity contribution in [2.45, 2.75) is 167 Å². The minimum atomic E-state index is -0.647. The van der Waals surface area contributed by atoms with Crippen LogP contribution in [-0.4, -0.2) is 34.9 Å². The van der Waals surface area contributed by atoms with E-state index in [4.69, 9.17) is 0 Å². The van der Waals surface area contributed by atoms with Gasteiger partial charge in [-0.1, -0.05) is 136 Å². The van der Waals surface area contributed by atoms with Gasteiger partial charge in [0.15, 0.2) is 0 Å². The fraction of sp³-hybridized carbons (Fsp3) is 0.964. The van der Waals surface area contributed by atoms with Gasteiger partial charge in [0.1, 0.15) is 0 Å². The fourth-order valence-electron chi connectivity index (χ4n) is 4.36. The molecule has 0 fully saturated rings. The van der Waals surface area contributed by atoms with Gasteiger partial charge < -0.3 is 15.5 Å². The van der Waals surface area contributed by atoms with Crippen molar-refractivity contribution in [3.63, 3.8) is 0 Å². The number of nitrogens with one attached hydrogen (secondary N) is 1. The Morgan fingerprint density at radius 3 is 1.41 bits per heavy atom. The molecule has 2 atom stereocenters. The Kier molecular flexibility index (Phi) is 24.5. The minimum absolute atomic E-state index is 0.0364. The molecule has 32 heavy (non-hydrogen) atoms. The van der Waals surface area contributed by atoms with E-state index in [0.29, 0.717) is 12.8 Å². The highest BCUT2D eigenvalue weighted by molar-refractivity contribution is 5.76. The first-order valence-electron chi connectivity index (χ1n) is 14.2. The summed E-state index contributed by atoms with van der Waals surface area (Å²) in [5.74, 6) is -0.0364. The van der Waals surface area contributed by atoms with Crippen molar-refractivity contribution < 1.29 is 15.0 Å². The molecule has 0 spiro atoms. The maximum absolute atomic E-state index is 12.2. The molecule has 0 saturated carbocycles. The van der Waals surface area contributed by atoms with Crippen molar-refractivity contribution in [2.24, 2.45) is 0 Å². The molecular formula is C28H57NO3. The Bertz CT molecular complexity index is 389. The Morgan fingerprint density at radius 1 is 0.625 bits per heavy atom. The number of aliphatic hydroxyl groups is 2. The van der Waals surface area contributed by atoms with Crippen LogP contribution in [0.2, 0.25) is 0 Å². The molecule has 0 aromatic carbocycles. The number of unbranched alkanes of at least 4 members (excludes halogenated alkanes) is 18. The number of carbonyl (C=O) groups is 1. The van der Waals surface area contributed by atoms with E-state index in [0.717, 1.165) is 25.7 Å². The molecule has 0 saturated heterocycles. The van der Waals surface area contributed by atoms with E-state index in [1.54, 1.807) is 0 Å². The second kappa shape index (κ2) is 25.0. The highest BCUT2D eigenvalue weighted by atomic mass is 16.3. The molecule has 192 valence electrons. The van der Waals surface area contributed by atoms with Crippen LogP contribution >= 0.6 is 0 Å². The number of carbonyl (C=O) groups excluding carboxylic acids is 1. The minimum Gasteiger partial charge on any atom is -0.394 e. The predicted molar refractivity (Wildman–Crippen MR) is 138 cm³/mol. The lowest BCUT2D eigenvalue weighted by Gasteiger charge is -2.22. The summed E-state index contributed by atoms with van der Waals surface area (Å²) < 4.78 is 0. The van der Waals surface area contributed by atoms with E-state index in [1.807, 2.05) is 0 Å². The normalized spacial score (nSPS) is 13.2. The lowest BCUT2D eigenvalue weighted by atomic mass is 10.0. The summed E-state index contributed by atoms with van der Waals surface area (Å²) in [6, 6.07) is -0.524. The third kappa shape index (κ3) is 21.2.